The number of amides is 1. The van der Waals surface area contributed by atoms with Gasteiger partial charge in [-0.1, -0.05) is 11.3 Å². The average molecular weight is 524 g/mol. The number of hydrogen-bond acceptors (Lipinski definition) is 7. The molecule has 0 radical (unpaired) electrons. The summed E-state index contributed by atoms with van der Waals surface area (Å²) in [6.45, 7) is 4.28. The maximum Gasteiger partial charge on any atom is 0.228 e. The van der Waals surface area contributed by atoms with Gasteiger partial charge in [-0.3, -0.25) is 14.6 Å². The van der Waals surface area contributed by atoms with Gasteiger partial charge in [0.1, 0.15) is 11.6 Å². The summed E-state index contributed by atoms with van der Waals surface area (Å²) in [5.41, 5.74) is 0.608. The summed E-state index contributed by atoms with van der Waals surface area (Å²) in [5, 5.41) is 0.471. The molecule has 2 heterocycles. The largest absolute Gasteiger partial charge is 0.379 e. The van der Waals surface area contributed by atoms with Gasteiger partial charge in [0.05, 0.1) is 34.1 Å². The molecular formula is C24H27F2N3O4S2. The van der Waals surface area contributed by atoms with Crippen LogP contribution >= 0.6 is 11.3 Å². The Morgan fingerprint density at radius 1 is 1.06 bits per heavy atom. The molecule has 188 valence electrons. The molecule has 0 aliphatic carbocycles. The predicted molar refractivity (Wildman–Crippen MR) is 131 cm³/mol. The van der Waals surface area contributed by atoms with Crippen LogP contribution < -0.4 is 4.90 Å². The summed E-state index contributed by atoms with van der Waals surface area (Å²) in [5.74, 6) is -1.34. The lowest BCUT2D eigenvalue weighted by Gasteiger charge is -2.27. The van der Waals surface area contributed by atoms with Crippen molar-refractivity contribution in [3.05, 3.63) is 54.1 Å². The first kappa shape index (κ1) is 25.6. The van der Waals surface area contributed by atoms with Crippen LogP contribution in [0.4, 0.5) is 13.9 Å². The molecule has 1 saturated heterocycles. The molecule has 0 bridgehead atoms. The molecular weight excluding hydrogens is 496 g/mol. The lowest BCUT2D eigenvalue weighted by Crippen LogP contribution is -2.39. The molecule has 0 atom stereocenters. The second-order valence-electron chi connectivity index (χ2n) is 8.34. The molecule has 2 aromatic carbocycles. The summed E-state index contributed by atoms with van der Waals surface area (Å²) in [4.78, 5) is 21.6. The SMILES string of the molecule is O=C(CCCS(=O)(=O)c1ccc(F)cc1)N(CCCN1CCOCC1)c1nc2ccc(F)cc2s1. The van der Waals surface area contributed by atoms with Gasteiger partial charge in [-0.15, -0.1) is 0 Å². The van der Waals surface area contributed by atoms with Crippen molar-refractivity contribution < 1.29 is 26.7 Å². The van der Waals surface area contributed by atoms with E-state index in [1.165, 1.54) is 35.6 Å². The van der Waals surface area contributed by atoms with Crippen LogP contribution in [0, 0.1) is 11.6 Å². The van der Waals surface area contributed by atoms with Gasteiger partial charge in [0.15, 0.2) is 15.0 Å². The predicted octanol–water partition coefficient (Wildman–Crippen LogP) is 3.88. The van der Waals surface area contributed by atoms with Crippen molar-refractivity contribution in [2.45, 2.75) is 24.2 Å². The first-order valence-electron chi connectivity index (χ1n) is 11.5. The normalized spacial score (nSPS) is 14.9. The van der Waals surface area contributed by atoms with E-state index >= 15 is 0 Å². The van der Waals surface area contributed by atoms with E-state index in [0.29, 0.717) is 41.5 Å². The first-order valence-corrected chi connectivity index (χ1v) is 13.9. The van der Waals surface area contributed by atoms with Crippen molar-refractivity contribution in [2.75, 3.05) is 50.0 Å². The molecule has 1 aliphatic rings. The molecule has 3 aromatic rings. The summed E-state index contributed by atoms with van der Waals surface area (Å²) in [6.07, 6.45) is 0.851. The fraction of sp³-hybridized carbons (Fsp3) is 0.417. The topological polar surface area (TPSA) is 79.8 Å². The van der Waals surface area contributed by atoms with Crippen LogP contribution in [0.5, 0.6) is 0 Å². The molecule has 7 nitrogen and oxygen atoms in total. The number of morpholine rings is 1. The first-order chi connectivity index (χ1) is 16.8. The standard InChI is InChI=1S/C24H27F2N3O4S2/c25-18-4-7-20(8-5-18)35(31,32)16-1-3-23(30)29(11-2-10-28-12-14-33-15-13-28)24-27-21-9-6-19(26)17-22(21)34-24/h4-9,17H,1-3,10-16H2. The molecule has 4 rings (SSSR count). The van der Waals surface area contributed by atoms with E-state index in [0.717, 1.165) is 31.8 Å². The van der Waals surface area contributed by atoms with Gasteiger partial charge >= 0.3 is 0 Å². The number of halogens is 2. The van der Waals surface area contributed by atoms with Gasteiger partial charge in [0.2, 0.25) is 5.91 Å². The Labute approximate surface area is 207 Å². The number of anilines is 1. The summed E-state index contributed by atoms with van der Waals surface area (Å²) in [7, 11) is -3.63. The molecule has 1 amide bonds. The molecule has 0 N–H and O–H groups in total. The molecule has 11 heteroatoms. The molecule has 0 spiro atoms. The summed E-state index contributed by atoms with van der Waals surface area (Å²) in [6, 6.07) is 8.96. The fourth-order valence-corrected chi connectivity index (χ4v) is 6.26. The van der Waals surface area contributed by atoms with Crippen molar-refractivity contribution in [3.8, 4) is 0 Å². The highest BCUT2D eigenvalue weighted by molar-refractivity contribution is 7.91. The number of rotatable bonds is 10. The number of aromatic nitrogens is 1. The maximum atomic E-state index is 13.7. The van der Waals surface area contributed by atoms with E-state index in [2.05, 4.69) is 9.88 Å². The summed E-state index contributed by atoms with van der Waals surface area (Å²) < 4.78 is 57.9. The van der Waals surface area contributed by atoms with Crippen molar-refractivity contribution in [2.24, 2.45) is 0 Å². The van der Waals surface area contributed by atoms with Crippen molar-refractivity contribution in [1.82, 2.24) is 9.88 Å². The zero-order chi connectivity index (χ0) is 24.8. The van der Waals surface area contributed by atoms with Crippen LogP contribution in [0.15, 0.2) is 47.4 Å². The van der Waals surface area contributed by atoms with Crippen LogP contribution in [0.3, 0.4) is 0 Å². The number of ether oxygens (including phenoxy) is 1. The quantitative estimate of drug-likeness (QED) is 0.375. The lowest BCUT2D eigenvalue weighted by atomic mass is 10.2. The Bertz CT molecular complexity index is 1260. The zero-order valence-corrected chi connectivity index (χ0v) is 20.8. The number of fused-ring (bicyclic) bond motifs is 1. The number of carbonyl (C=O) groups is 1. The third kappa shape index (κ3) is 6.81. The zero-order valence-electron chi connectivity index (χ0n) is 19.2. The highest BCUT2D eigenvalue weighted by atomic mass is 32.2. The third-order valence-electron chi connectivity index (χ3n) is 5.81. The van der Waals surface area contributed by atoms with Crippen LogP contribution in [0.1, 0.15) is 19.3 Å². The molecule has 35 heavy (non-hydrogen) atoms. The maximum absolute atomic E-state index is 13.7. The highest BCUT2D eigenvalue weighted by Crippen LogP contribution is 2.30. The van der Waals surface area contributed by atoms with Crippen molar-refractivity contribution in [3.63, 3.8) is 0 Å². The van der Waals surface area contributed by atoms with Gasteiger partial charge in [0.25, 0.3) is 0 Å². The minimum absolute atomic E-state index is 0.0161. The molecule has 1 aromatic heterocycles. The lowest BCUT2D eigenvalue weighted by molar-refractivity contribution is -0.118. The number of benzene rings is 2. The number of hydrogen-bond donors (Lipinski definition) is 0. The minimum atomic E-state index is -3.63. The number of carbonyl (C=O) groups excluding carboxylic acids is 1. The van der Waals surface area contributed by atoms with Gasteiger partial charge in [-0.05, 0) is 55.3 Å². The fourth-order valence-electron chi connectivity index (χ4n) is 3.91. The van der Waals surface area contributed by atoms with Crippen molar-refractivity contribution >= 4 is 42.4 Å². The van der Waals surface area contributed by atoms with E-state index in [1.807, 2.05) is 0 Å². The number of thiazole rings is 1. The van der Waals surface area contributed by atoms with Crippen LogP contribution in [-0.4, -0.2) is 69.4 Å². The monoisotopic (exact) mass is 523 g/mol. The second kappa shape index (κ2) is 11.5. The van der Waals surface area contributed by atoms with E-state index in [-0.39, 0.29) is 35.2 Å². The Balaban J connectivity index is 1.42. The van der Waals surface area contributed by atoms with Crippen molar-refractivity contribution in [1.29, 1.82) is 0 Å². The Hall–Kier alpha value is -2.47. The molecule has 0 saturated carbocycles. The number of sulfone groups is 1. The van der Waals surface area contributed by atoms with Crippen LogP contribution in [-0.2, 0) is 19.4 Å². The van der Waals surface area contributed by atoms with E-state index in [4.69, 9.17) is 4.74 Å². The smallest absolute Gasteiger partial charge is 0.228 e. The average Bonchev–Trinajstić information content (AvgIpc) is 3.25. The second-order valence-corrected chi connectivity index (χ2v) is 11.5. The highest BCUT2D eigenvalue weighted by Gasteiger charge is 2.22. The minimum Gasteiger partial charge on any atom is -0.379 e. The summed E-state index contributed by atoms with van der Waals surface area (Å²) >= 11 is 1.24. The Morgan fingerprint density at radius 2 is 1.77 bits per heavy atom. The molecule has 1 aliphatic heterocycles. The van der Waals surface area contributed by atoms with E-state index in [1.54, 1.807) is 11.0 Å². The van der Waals surface area contributed by atoms with E-state index < -0.39 is 15.7 Å². The van der Waals surface area contributed by atoms with Crippen LogP contribution in [0.25, 0.3) is 10.2 Å². The Kier molecular flexibility index (Phi) is 8.42. The van der Waals surface area contributed by atoms with Crippen LogP contribution in [0.2, 0.25) is 0 Å². The number of nitrogens with zero attached hydrogens (tertiary/aromatic N) is 3. The molecule has 0 unspecified atom stereocenters. The van der Waals surface area contributed by atoms with E-state index in [9.17, 15) is 22.0 Å². The van der Waals surface area contributed by atoms with Gasteiger partial charge in [-0.2, -0.15) is 0 Å². The van der Waals surface area contributed by atoms with Gasteiger partial charge < -0.3 is 4.74 Å². The molecule has 1 fully saturated rings. The van der Waals surface area contributed by atoms with Gasteiger partial charge in [-0.25, -0.2) is 22.2 Å². The van der Waals surface area contributed by atoms with Gasteiger partial charge in [0, 0.05) is 32.6 Å². The Morgan fingerprint density at radius 3 is 2.51 bits per heavy atom. The third-order valence-corrected chi connectivity index (χ3v) is 8.67.